The molecule has 0 spiro atoms. The van der Waals surface area contributed by atoms with Gasteiger partial charge in [0.25, 0.3) is 0 Å². The molecule has 0 saturated carbocycles. The quantitative estimate of drug-likeness (QED) is 0.861. The molecule has 4 nitrogen and oxygen atoms in total. The van der Waals surface area contributed by atoms with Crippen LogP contribution < -0.4 is 5.32 Å². The Labute approximate surface area is 97.2 Å². The first kappa shape index (κ1) is 12.0. The van der Waals surface area contributed by atoms with E-state index >= 15 is 0 Å². The first-order valence-corrected chi connectivity index (χ1v) is 5.42. The number of anilines is 1. The number of nitrogens with zero attached hydrogens (tertiary/aromatic N) is 1. The van der Waals surface area contributed by atoms with E-state index in [1.54, 1.807) is 18.3 Å². The van der Waals surface area contributed by atoms with E-state index in [1.165, 1.54) is 0 Å². The number of hydrogen-bond acceptors (Lipinski definition) is 3. The van der Waals surface area contributed by atoms with E-state index in [1.807, 2.05) is 13.8 Å². The lowest BCUT2D eigenvalue weighted by molar-refractivity contribution is 0.147. The molecule has 0 aliphatic heterocycles. The summed E-state index contributed by atoms with van der Waals surface area (Å²) in [5.41, 5.74) is 0.658. The van der Waals surface area contributed by atoms with E-state index in [2.05, 4.69) is 26.2 Å². The molecule has 0 fully saturated rings. The van der Waals surface area contributed by atoms with Gasteiger partial charge in [0.05, 0.1) is 6.61 Å². The normalized spacial score (nSPS) is 10.1. The van der Waals surface area contributed by atoms with Crippen molar-refractivity contribution in [2.75, 3.05) is 11.9 Å². The van der Waals surface area contributed by atoms with Crippen molar-refractivity contribution in [1.82, 2.24) is 4.98 Å². The van der Waals surface area contributed by atoms with Crippen molar-refractivity contribution >= 4 is 27.7 Å². The number of carbonyl (C=O) groups is 1. The highest BCUT2D eigenvalue weighted by Gasteiger charge is 2.04. The number of carbonyl (C=O) groups excluding carboxylic acids is 1. The van der Waals surface area contributed by atoms with Gasteiger partial charge >= 0.3 is 6.09 Å². The minimum Gasteiger partial charge on any atom is -0.449 e. The maximum atomic E-state index is 11.3. The second-order valence-electron chi connectivity index (χ2n) is 3.48. The van der Waals surface area contributed by atoms with Crippen molar-refractivity contribution in [3.05, 3.63) is 22.9 Å². The summed E-state index contributed by atoms with van der Waals surface area (Å²) in [7, 11) is 0. The Morgan fingerprint density at radius 1 is 1.67 bits per heavy atom. The van der Waals surface area contributed by atoms with E-state index in [4.69, 9.17) is 4.74 Å². The smallest absolute Gasteiger partial charge is 0.411 e. The third kappa shape index (κ3) is 4.78. The second kappa shape index (κ2) is 5.70. The first-order chi connectivity index (χ1) is 7.08. The highest BCUT2D eigenvalue weighted by atomic mass is 79.9. The molecule has 0 aromatic carbocycles. The molecular formula is C10H13BrN2O2. The Morgan fingerprint density at radius 3 is 3.00 bits per heavy atom. The van der Waals surface area contributed by atoms with Crippen LogP contribution in [0.15, 0.2) is 22.9 Å². The third-order valence-electron chi connectivity index (χ3n) is 1.52. The average Bonchev–Trinajstić information content (AvgIpc) is 2.15. The number of halogens is 1. The largest absolute Gasteiger partial charge is 0.449 e. The van der Waals surface area contributed by atoms with Gasteiger partial charge in [-0.15, -0.1) is 0 Å². The molecule has 0 radical (unpaired) electrons. The lowest BCUT2D eigenvalue weighted by Crippen LogP contribution is -2.16. The van der Waals surface area contributed by atoms with Crippen LogP contribution in [0, 0.1) is 5.92 Å². The van der Waals surface area contributed by atoms with E-state index in [0.29, 0.717) is 22.8 Å². The lowest BCUT2D eigenvalue weighted by atomic mass is 10.2. The fraction of sp³-hybridized carbons (Fsp3) is 0.400. The zero-order chi connectivity index (χ0) is 11.3. The maximum absolute atomic E-state index is 11.3. The summed E-state index contributed by atoms with van der Waals surface area (Å²) in [6.45, 7) is 4.38. The van der Waals surface area contributed by atoms with E-state index in [-0.39, 0.29) is 0 Å². The van der Waals surface area contributed by atoms with Gasteiger partial charge in [-0.1, -0.05) is 13.8 Å². The van der Waals surface area contributed by atoms with Gasteiger partial charge in [-0.3, -0.25) is 5.32 Å². The van der Waals surface area contributed by atoms with Crippen LogP contribution in [0.2, 0.25) is 0 Å². The fourth-order valence-corrected chi connectivity index (χ4v) is 1.24. The molecule has 1 rings (SSSR count). The highest BCUT2D eigenvalue weighted by Crippen LogP contribution is 2.12. The standard InChI is InChI=1S/C10H13BrN2O2/c1-7(2)6-15-10(14)13-8-3-4-12-9(11)5-8/h3-5,7H,6H2,1-2H3,(H,12,13,14). The molecule has 5 heteroatoms. The zero-order valence-corrected chi connectivity index (χ0v) is 10.2. The number of rotatable bonds is 3. The Kier molecular flexibility index (Phi) is 4.55. The van der Waals surface area contributed by atoms with E-state index in [9.17, 15) is 4.79 Å². The molecule has 1 N–H and O–H groups in total. The third-order valence-corrected chi connectivity index (χ3v) is 1.95. The topological polar surface area (TPSA) is 51.2 Å². The number of amides is 1. The van der Waals surface area contributed by atoms with Gasteiger partial charge in [-0.05, 0) is 34.0 Å². The molecule has 0 unspecified atom stereocenters. The highest BCUT2D eigenvalue weighted by molar-refractivity contribution is 9.10. The monoisotopic (exact) mass is 272 g/mol. The van der Waals surface area contributed by atoms with Gasteiger partial charge in [-0.25, -0.2) is 9.78 Å². The van der Waals surface area contributed by atoms with Gasteiger partial charge in [-0.2, -0.15) is 0 Å². The molecule has 1 aromatic rings. The van der Waals surface area contributed by atoms with Crippen LogP contribution in [-0.4, -0.2) is 17.7 Å². The van der Waals surface area contributed by atoms with Crippen LogP contribution in [0.1, 0.15) is 13.8 Å². The Hall–Kier alpha value is -1.10. The number of nitrogens with one attached hydrogen (secondary N) is 1. The van der Waals surface area contributed by atoms with Gasteiger partial charge in [0.15, 0.2) is 0 Å². The summed E-state index contributed by atoms with van der Waals surface area (Å²) in [5.74, 6) is 0.333. The van der Waals surface area contributed by atoms with Crippen molar-refractivity contribution in [1.29, 1.82) is 0 Å². The van der Waals surface area contributed by atoms with E-state index < -0.39 is 6.09 Å². The van der Waals surface area contributed by atoms with Crippen molar-refractivity contribution in [2.24, 2.45) is 5.92 Å². The summed E-state index contributed by atoms with van der Waals surface area (Å²) in [6, 6.07) is 3.40. The van der Waals surface area contributed by atoms with Crippen LogP contribution in [-0.2, 0) is 4.74 Å². The number of ether oxygens (including phenoxy) is 1. The fourth-order valence-electron chi connectivity index (χ4n) is 0.877. The number of pyridine rings is 1. The Balaban J connectivity index is 2.44. The van der Waals surface area contributed by atoms with Crippen LogP contribution >= 0.6 is 15.9 Å². The molecule has 0 saturated heterocycles. The van der Waals surface area contributed by atoms with Crippen LogP contribution in [0.5, 0.6) is 0 Å². The average molecular weight is 273 g/mol. The van der Waals surface area contributed by atoms with Crippen LogP contribution in [0.4, 0.5) is 10.5 Å². The molecule has 1 amide bonds. The summed E-state index contributed by atoms with van der Waals surface area (Å²) in [4.78, 5) is 15.2. The minimum absolute atomic E-state index is 0.333. The molecule has 15 heavy (non-hydrogen) atoms. The van der Waals surface area contributed by atoms with Crippen molar-refractivity contribution in [2.45, 2.75) is 13.8 Å². The van der Waals surface area contributed by atoms with Gasteiger partial charge in [0.1, 0.15) is 4.60 Å². The van der Waals surface area contributed by atoms with E-state index in [0.717, 1.165) is 0 Å². The van der Waals surface area contributed by atoms with Gasteiger partial charge in [0.2, 0.25) is 0 Å². The summed E-state index contributed by atoms with van der Waals surface area (Å²) >= 11 is 3.21. The molecule has 0 aliphatic carbocycles. The molecule has 0 aliphatic rings. The summed E-state index contributed by atoms with van der Waals surface area (Å²) in [6.07, 6.45) is 1.16. The van der Waals surface area contributed by atoms with Crippen molar-refractivity contribution < 1.29 is 9.53 Å². The SMILES string of the molecule is CC(C)COC(=O)Nc1ccnc(Br)c1. The summed E-state index contributed by atoms with van der Waals surface area (Å²) < 4.78 is 5.63. The first-order valence-electron chi connectivity index (χ1n) is 4.63. The van der Waals surface area contributed by atoms with Crippen LogP contribution in [0.25, 0.3) is 0 Å². The van der Waals surface area contributed by atoms with Gasteiger partial charge < -0.3 is 4.74 Å². The molecular weight excluding hydrogens is 260 g/mol. The maximum Gasteiger partial charge on any atom is 0.411 e. The van der Waals surface area contributed by atoms with Crippen molar-refractivity contribution in [3.8, 4) is 0 Å². The minimum atomic E-state index is -0.443. The van der Waals surface area contributed by atoms with Crippen LogP contribution in [0.3, 0.4) is 0 Å². The Bertz CT molecular complexity index is 342. The molecule has 1 aromatic heterocycles. The number of hydrogen-bond donors (Lipinski definition) is 1. The number of aromatic nitrogens is 1. The molecule has 0 bridgehead atoms. The predicted molar refractivity (Wildman–Crippen MR) is 61.7 cm³/mol. The second-order valence-corrected chi connectivity index (χ2v) is 4.30. The zero-order valence-electron chi connectivity index (χ0n) is 8.66. The molecule has 82 valence electrons. The lowest BCUT2D eigenvalue weighted by Gasteiger charge is -2.08. The Morgan fingerprint density at radius 2 is 2.40 bits per heavy atom. The molecule has 1 heterocycles. The predicted octanol–water partition coefficient (Wildman–Crippen LogP) is 3.05. The van der Waals surface area contributed by atoms with Crippen molar-refractivity contribution in [3.63, 3.8) is 0 Å². The van der Waals surface area contributed by atoms with Gasteiger partial charge in [0, 0.05) is 11.9 Å². The molecule has 0 atom stereocenters. The summed E-state index contributed by atoms with van der Waals surface area (Å²) in [5, 5.41) is 2.61.